The minimum Gasteiger partial charge on any atom is -0.465 e. The number of anilines is 1. The summed E-state index contributed by atoms with van der Waals surface area (Å²) in [6.07, 6.45) is -5.02. The number of hydrogen-bond acceptors (Lipinski definition) is 5. The summed E-state index contributed by atoms with van der Waals surface area (Å²) in [5, 5.41) is 12.8. The highest BCUT2D eigenvalue weighted by molar-refractivity contribution is 6.04. The molecule has 0 unspecified atom stereocenters. The molecule has 0 heterocycles. The first-order valence-corrected chi connectivity index (χ1v) is 5.34. The number of hydrogen-bond donors (Lipinski definition) is 1. The van der Waals surface area contributed by atoms with Gasteiger partial charge in [-0.05, 0) is 12.1 Å². The van der Waals surface area contributed by atoms with Gasteiger partial charge in [0.25, 0.3) is 0 Å². The van der Waals surface area contributed by atoms with Crippen molar-refractivity contribution < 1.29 is 32.4 Å². The van der Waals surface area contributed by atoms with Crippen molar-refractivity contribution in [3.05, 3.63) is 33.4 Å². The second kappa shape index (κ2) is 5.77. The van der Waals surface area contributed by atoms with E-state index in [1.165, 1.54) is 0 Å². The number of rotatable bonds is 3. The Morgan fingerprint density at radius 2 is 1.90 bits per heavy atom. The number of carbonyl (C=O) groups is 2. The molecule has 10 heteroatoms. The van der Waals surface area contributed by atoms with Gasteiger partial charge in [-0.1, -0.05) is 0 Å². The molecule has 1 amide bonds. The van der Waals surface area contributed by atoms with E-state index in [2.05, 4.69) is 4.74 Å². The summed E-state index contributed by atoms with van der Waals surface area (Å²) in [6, 6.07) is 1.09. The van der Waals surface area contributed by atoms with Crippen LogP contribution in [0.1, 0.15) is 22.8 Å². The zero-order chi connectivity index (χ0) is 16.4. The van der Waals surface area contributed by atoms with Crippen LogP contribution in [0.15, 0.2) is 12.1 Å². The Morgan fingerprint density at radius 1 is 1.33 bits per heavy atom. The van der Waals surface area contributed by atoms with E-state index in [0.29, 0.717) is 12.1 Å². The van der Waals surface area contributed by atoms with Crippen molar-refractivity contribution in [2.45, 2.75) is 13.1 Å². The van der Waals surface area contributed by atoms with Gasteiger partial charge in [-0.25, -0.2) is 4.79 Å². The van der Waals surface area contributed by atoms with Crippen LogP contribution in [0.5, 0.6) is 0 Å². The van der Waals surface area contributed by atoms with Gasteiger partial charge in [0.05, 0.1) is 17.6 Å². The lowest BCUT2D eigenvalue weighted by Crippen LogP contribution is -2.17. The van der Waals surface area contributed by atoms with Gasteiger partial charge in [0.1, 0.15) is 11.3 Å². The molecule has 7 nitrogen and oxygen atoms in total. The van der Waals surface area contributed by atoms with Crippen molar-refractivity contribution in [3.63, 3.8) is 0 Å². The summed E-state index contributed by atoms with van der Waals surface area (Å²) in [7, 11) is 0.948. The predicted molar refractivity (Wildman–Crippen MR) is 63.7 cm³/mol. The normalized spacial score (nSPS) is 10.9. The number of ether oxygens (including phenoxy) is 1. The van der Waals surface area contributed by atoms with E-state index in [1.54, 1.807) is 0 Å². The number of carbonyl (C=O) groups excluding carboxylic acids is 2. The zero-order valence-electron chi connectivity index (χ0n) is 10.8. The van der Waals surface area contributed by atoms with Crippen molar-refractivity contribution in [3.8, 4) is 0 Å². The Hall–Kier alpha value is -2.65. The molecule has 0 saturated heterocycles. The summed E-state index contributed by atoms with van der Waals surface area (Å²) >= 11 is 0. The number of nitrogens with zero attached hydrogens (tertiary/aromatic N) is 1. The molecule has 1 aromatic carbocycles. The zero-order valence-corrected chi connectivity index (χ0v) is 10.8. The number of alkyl halides is 3. The van der Waals surface area contributed by atoms with E-state index >= 15 is 0 Å². The van der Waals surface area contributed by atoms with Crippen LogP contribution in [0.3, 0.4) is 0 Å². The van der Waals surface area contributed by atoms with Crippen LogP contribution in [0.4, 0.5) is 24.5 Å². The molecule has 0 atom stereocenters. The second-order valence-corrected chi connectivity index (χ2v) is 3.81. The highest BCUT2D eigenvalue weighted by Gasteiger charge is 2.41. The number of amides is 1. The number of esters is 1. The summed E-state index contributed by atoms with van der Waals surface area (Å²) in [5.74, 6) is -1.99. The summed E-state index contributed by atoms with van der Waals surface area (Å²) < 4.78 is 42.7. The van der Waals surface area contributed by atoms with Crippen molar-refractivity contribution in [2.75, 3.05) is 12.4 Å². The van der Waals surface area contributed by atoms with E-state index in [1.807, 2.05) is 5.32 Å². The average Bonchev–Trinajstić information content (AvgIpc) is 2.35. The molecule has 1 aromatic rings. The third-order valence-electron chi connectivity index (χ3n) is 2.37. The van der Waals surface area contributed by atoms with Crippen LogP contribution in [0.2, 0.25) is 0 Å². The molecule has 21 heavy (non-hydrogen) atoms. The molecule has 1 N–H and O–H groups in total. The van der Waals surface area contributed by atoms with Gasteiger partial charge < -0.3 is 10.1 Å². The van der Waals surface area contributed by atoms with E-state index in [0.717, 1.165) is 14.0 Å². The third-order valence-corrected chi connectivity index (χ3v) is 2.37. The van der Waals surface area contributed by atoms with Gasteiger partial charge in [-0.3, -0.25) is 14.9 Å². The summed E-state index contributed by atoms with van der Waals surface area (Å²) in [5.41, 5.74) is -4.40. The molecule has 0 aliphatic carbocycles. The third kappa shape index (κ3) is 3.46. The summed E-state index contributed by atoms with van der Waals surface area (Å²) in [4.78, 5) is 32.1. The maximum absolute atomic E-state index is 12.8. The van der Waals surface area contributed by atoms with Crippen LogP contribution in [0.25, 0.3) is 0 Å². The minimum atomic E-state index is -5.02. The SMILES string of the molecule is COC(=O)c1ccc(C(F)(F)F)c([N+](=O)[O-])c1NC(C)=O. The maximum Gasteiger partial charge on any atom is 0.423 e. The van der Waals surface area contributed by atoms with Crippen LogP contribution in [0, 0.1) is 10.1 Å². The van der Waals surface area contributed by atoms with E-state index in [4.69, 9.17) is 0 Å². The fraction of sp³-hybridized carbons (Fsp3) is 0.273. The van der Waals surface area contributed by atoms with Crippen molar-refractivity contribution in [2.24, 2.45) is 0 Å². The van der Waals surface area contributed by atoms with Crippen molar-refractivity contribution in [1.82, 2.24) is 0 Å². The molecule has 1 rings (SSSR count). The smallest absolute Gasteiger partial charge is 0.423 e. The highest BCUT2D eigenvalue weighted by atomic mass is 19.4. The standard InChI is InChI=1S/C11H9F3N2O5/c1-5(17)15-8-6(10(18)21-2)3-4-7(11(12,13)14)9(8)16(19)20/h3-4H,1-2H3,(H,15,17). The lowest BCUT2D eigenvalue weighted by molar-refractivity contribution is -0.387. The quantitative estimate of drug-likeness (QED) is 0.525. The number of benzene rings is 1. The van der Waals surface area contributed by atoms with E-state index in [-0.39, 0.29) is 0 Å². The van der Waals surface area contributed by atoms with Crippen LogP contribution < -0.4 is 5.32 Å². The topological polar surface area (TPSA) is 98.5 Å². The molecule has 114 valence electrons. The van der Waals surface area contributed by atoms with Gasteiger partial charge in [0.15, 0.2) is 0 Å². The van der Waals surface area contributed by atoms with Crippen molar-refractivity contribution in [1.29, 1.82) is 0 Å². The average molecular weight is 306 g/mol. The maximum atomic E-state index is 12.8. The van der Waals surface area contributed by atoms with Gasteiger partial charge in [-0.15, -0.1) is 0 Å². The molecular formula is C11H9F3N2O5. The molecule has 0 aliphatic heterocycles. The van der Waals surface area contributed by atoms with Gasteiger partial charge in [-0.2, -0.15) is 13.2 Å². The van der Waals surface area contributed by atoms with E-state index < -0.39 is 45.5 Å². The highest BCUT2D eigenvalue weighted by Crippen LogP contribution is 2.41. The van der Waals surface area contributed by atoms with E-state index in [9.17, 15) is 32.9 Å². The van der Waals surface area contributed by atoms with Crippen LogP contribution in [-0.2, 0) is 15.7 Å². The lowest BCUT2D eigenvalue weighted by Gasteiger charge is -2.13. The minimum absolute atomic E-state index is 0.385. The second-order valence-electron chi connectivity index (χ2n) is 3.81. The monoisotopic (exact) mass is 306 g/mol. The number of halogens is 3. The molecule has 0 saturated carbocycles. The first-order valence-electron chi connectivity index (χ1n) is 5.34. The van der Waals surface area contributed by atoms with Crippen LogP contribution in [-0.4, -0.2) is 23.9 Å². The Morgan fingerprint density at radius 3 is 2.29 bits per heavy atom. The Bertz CT molecular complexity index is 613. The van der Waals surface area contributed by atoms with Crippen molar-refractivity contribution >= 4 is 23.3 Å². The van der Waals surface area contributed by atoms with Gasteiger partial charge in [0, 0.05) is 6.92 Å². The molecule has 0 fully saturated rings. The predicted octanol–water partition coefficient (Wildman–Crippen LogP) is 2.36. The molecule has 0 aromatic heterocycles. The van der Waals surface area contributed by atoms with Gasteiger partial charge >= 0.3 is 17.8 Å². The number of methoxy groups -OCH3 is 1. The molecular weight excluding hydrogens is 297 g/mol. The summed E-state index contributed by atoms with van der Waals surface area (Å²) in [6.45, 7) is 0.936. The fourth-order valence-corrected chi connectivity index (χ4v) is 1.59. The molecule has 0 aliphatic rings. The lowest BCUT2D eigenvalue weighted by atomic mass is 10.0. The first-order chi connectivity index (χ1) is 9.59. The largest absolute Gasteiger partial charge is 0.465 e. The Balaban J connectivity index is 3.74. The first kappa shape index (κ1) is 16.4. The number of nitro benzene ring substituents is 1. The molecule has 0 bridgehead atoms. The molecule has 0 spiro atoms. The Kier molecular flexibility index (Phi) is 4.51. The number of nitro groups is 1. The molecule has 0 radical (unpaired) electrons. The fourth-order valence-electron chi connectivity index (χ4n) is 1.59. The van der Waals surface area contributed by atoms with Gasteiger partial charge in [0.2, 0.25) is 5.91 Å². The van der Waals surface area contributed by atoms with Crippen LogP contribution >= 0.6 is 0 Å². The number of nitrogens with one attached hydrogen (secondary N) is 1. The Labute approximate surface area is 115 Å².